The summed E-state index contributed by atoms with van der Waals surface area (Å²) in [5, 5.41) is 14.0. The van der Waals surface area contributed by atoms with E-state index in [1.165, 1.54) is 6.07 Å². The first-order valence-electron chi connectivity index (χ1n) is 13.4. The van der Waals surface area contributed by atoms with Gasteiger partial charge in [0.2, 0.25) is 5.91 Å². The topological polar surface area (TPSA) is 95.5 Å². The van der Waals surface area contributed by atoms with Crippen LogP contribution in [0.5, 0.6) is 0 Å². The Labute approximate surface area is 241 Å². The lowest BCUT2D eigenvalue weighted by Crippen LogP contribution is -2.35. The summed E-state index contributed by atoms with van der Waals surface area (Å²) in [6.07, 6.45) is -0.717. The molecule has 3 N–H and O–H groups in total. The molecule has 0 saturated heterocycles. The number of hydrogen-bond acceptors (Lipinski definition) is 3. The fraction of sp³-hybridized carbons (Fsp3) is 0.500. The molecular weight excluding hydrogens is 589 g/mol. The zero-order chi connectivity index (χ0) is 29.7. The van der Waals surface area contributed by atoms with Crippen molar-refractivity contribution in [2.75, 3.05) is 11.9 Å². The maximum atomic E-state index is 13.6. The Hall–Kier alpha value is -2.88. The van der Waals surface area contributed by atoms with Crippen LogP contribution in [0.3, 0.4) is 0 Å². The molecule has 0 spiro atoms. The van der Waals surface area contributed by atoms with Crippen molar-refractivity contribution in [2.24, 2.45) is 23.2 Å². The van der Waals surface area contributed by atoms with Crippen molar-refractivity contribution in [2.45, 2.75) is 65.5 Å². The predicted octanol–water partition coefficient (Wildman–Crippen LogP) is 7.32. The van der Waals surface area contributed by atoms with E-state index in [9.17, 15) is 27.6 Å². The van der Waals surface area contributed by atoms with E-state index in [1.807, 2.05) is 0 Å². The smallest absolute Gasteiger partial charge is 0.416 e. The lowest BCUT2D eigenvalue weighted by atomic mass is 9.66. The first-order valence-corrected chi connectivity index (χ1v) is 14.2. The molecular formula is C30H36BrF3N2O4. The zero-order valence-corrected chi connectivity index (χ0v) is 24.5. The van der Waals surface area contributed by atoms with Crippen LogP contribution >= 0.6 is 15.9 Å². The number of carboxylic acids is 1. The van der Waals surface area contributed by atoms with Crippen LogP contribution in [0.2, 0.25) is 0 Å². The Bertz CT molecular complexity index is 1200. The van der Waals surface area contributed by atoms with Gasteiger partial charge in [-0.2, -0.15) is 13.2 Å². The summed E-state index contributed by atoms with van der Waals surface area (Å²) >= 11 is 3.12. The van der Waals surface area contributed by atoms with Gasteiger partial charge in [0.25, 0.3) is 5.91 Å². The number of alkyl halides is 3. The largest absolute Gasteiger partial charge is 0.481 e. The first kappa shape index (κ1) is 31.6. The number of rotatable bonds is 9. The molecule has 0 heterocycles. The number of carboxylic acid groups (broad SMARTS) is 1. The molecule has 1 saturated carbocycles. The standard InChI is InChI=1S/C30H36BrF3N2O4/c1-29(2,3)21-10-8-19(9-11-21)25(28(40)36-24-16-22(30(32,33)34)15-23(31)17-24)14-18-4-6-20(7-5-18)27(39)35-13-12-26(37)38/h4-7,15-17,19,21,25H,8-14H2,1-3H3,(H,35,39)(H,36,40)(H,37,38). The zero-order valence-electron chi connectivity index (χ0n) is 22.9. The third-order valence-electron chi connectivity index (χ3n) is 7.69. The Morgan fingerprint density at radius 1 is 1.00 bits per heavy atom. The quantitative estimate of drug-likeness (QED) is 0.272. The molecule has 1 fully saturated rings. The van der Waals surface area contributed by atoms with Gasteiger partial charge in [-0.3, -0.25) is 14.4 Å². The number of halogens is 4. The van der Waals surface area contributed by atoms with Crippen molar-refractivity contribution in [3.05, 3.63) is 63.6 Å². The minimum atomic E-state index is -4.55. The summed E-state index contributed by atoms with van der Waals surface area (Å²) in [5.74, 6) is -1.60. The summed E-state index contributed by atoms with van der Waals surface area (Å²) < 4.78 is 40.3. The van der Waals surface area contributed by atoms with Gasteiger partial charge in [0.15, 0.2) is 0 Å². The van der Waals surface area contributed by atoms with Crippen molar-refractivity contribution in [1.29, 1.82) is 0 Å². The van der Waals surface area contributed by atoms with Gasteiger partial charge in [0.1, 0.15) is 0 Å². The second-order valence-electron chi connectivity index (χ2n) is 11.6. The van der Waals surface area contributed by atoms with Gasteiger partial charge in [0.05, 0.1) is 12.0 Å². The number of carbonyl (C=O) groups excluding carboxylic acids is 2. The van der Waals surface area contributed by atoms with Gasteiger partial charge in [-0.25, -0.2) is 0 Å². The highest BCUT2D eigenvalue weighted by Crippen LogP contribution is 2.43. The molecule has 1 aliphatic rings. The molecule has 1 aliphatic carbocycles. The SMILES string of the molecule is CC(C)(C)C1CCC(C(Cc2ccc(C(=O)NCCC(=O)O)cc2)C(=O)Nc2cc(Br)cc(C(F)(F)F)c2)CC1. The predicted molar refractivity (Wildman–Crippen MR) is 151 cm³/mol. The summed E-state index contributed by atoms with van der Waals surface area (Å²) in [7, 11) is 0. The highest BCUT2D eigenvalue weighted by Gasteiger charge is 2.36. The second kappa shape index (κ2) is 13.2. The van der Waals surface area contributed by atoms with E-state index in [-0.39, 0.29) is 40.4 Å². The molecule has 0 aromatic heterocycles. The number of carbonyl (C=O) groups is 3. The fourth-order valence-electron chi connectivity index (χ4n) is 5.35. The van der Waals surface area contributed by atoms with Crippen LogP contribution < -0.4 is 10.6 Å². The van der Waals surface area contributed by atoms with Crippen molar-refractivity contribution in [3.63, 3.8) is 0 Å². The Morgan fingerprint density at radius 3 is 2.17 bits per heavy atom. The number of anilines is 1. The second-order valence-corrected chi connectivity index (χ2v) is 12.5. The normalized spacial score (nSPS) is 18.6. The minimum absolute atomic E-state index is 0.0149. The van der Waals surface area contributed by atoms with Gasteiger partial charge < -0.3 is 15.7 Å². The number of hydrogen-bond donors (Lipinski definition) is 3. The van der Waals surface area contributed by atoms with E-state index >= 15 is 0 Å². The molecule has 0 bridgehead atoms. The highest BCUT2D eigenvalue weighted by molar-refractivity contribution is 9.10. The molecule has 2 aromatic rings. The van der Waals surface area contributed by atoms with E-state index in [0.29, 0.717) is 17.9 Å². The summed E-state index contributed by atoms with van der Waals surface area (Å²) in [4.78, 5) is 36.6. The maximum absolute atomic E-state index is 13.6. The van der Waals surface area contributed by atoms with E-state index in [2.05, 4.69) is 47.3 Å². The van der Waals surface area contributed by atoms with Gasteiger partial charge in [-0.15, -0.1) is 0 Å². The van der Waals surface area contributed by atoms with Crippen LogP contribution in [0.1, 0.15) is 74.4 Å². The fourth-order valence-corrected chi connectivity index (χ4v) is 5.85. The lowest BCUT2D eigenvalue weighted by Gasteiger charge is -2.39. The number of nitrogens with one attached hydrogen (secondary N) is 2. The summed E-state index contributed by atoms with van der Waals surface area (Å²) in [6.45, 7) is 6.66. The number of aliphatic carboxylic acids is 1. The molecule has 6 nitrogen and oxygen atoms in total. The van der Waals surface area contributed by atoms with Crippen LogP contribution in [0, 0.1) is 23.2 Å². The monoisotopic (exact) mass is 624 g/mol. The molecule has 0 radical (unpaired) electrons. The Balaban J connectivity index is 1.79. The van der Waals surface area contributed by atoms with Crippen molar-refractivity contribution < 1.29 is 32.7 Å². The van der Waals surface area contributed by atoms with Gasteiger partial charge in [-0.1, -0.05) is 48.8 Å². The average Bonchev–Trinajstić information content (AvgIpc) is 2.86. The Kier molecular flexibility index (Phi) is 10.4. The molecule has 40 heavy (non-hydrogen) atoms. The van der Waals surface area contributed by atoms with E-state index in [0.717, 1.165) is 43.4 Å². The van der Waals surface area contributed by atoms with E-state index < -0.39 is 29.5 Å². The average molecular weight is 626 g/mol. The van der Waals surface area contributed by atoms with Crippen molar-refractivity contribution >= 4 is 39.4 Å². The third-order valence-corrected chi connectivity index (χ3v) is 8.15. The number of benzene rings is 2. The van der Waals surface area contributed by atoms with Crippen LogP contribution in [0.15, 0.2) is 46.9 Å². The molecule has 3 rings (SSSR count). The van der Waals surface area contributed by atoms with Gasteiger partial charge in [-0.05, 0) is 85.3 Å². The number of amides is 2. The summed E-state index contributed by atoms with van der Waals surface area (Å²) in [5.41, 5.74) is 0.582. The van der Waals surface area contributed by atoms with Crippen molar-refractivity contribution in [1.82, 2.24) is 5.32 Å². The molecule has 1 unspecified atom stereocenters. The highest BCUT2D eigenvalue weighted by atomic mass is 79.9. The third kappa shape index (κ3) is 9.08. The van der Waals surface area contributed by atoms with Gasteiger partial charge in [0, 0.05) is 28.2 Å². The first-order chi connectivity index (χ1) is 18.6. The van der Waals surface area contributed by atoms with Gasteiger partial charge >= 0.3 is 12.1 Å². The lowest BCUT2D eigenvalue weighted by molar-refractivity contribution is -0.138. The maximum Gasteiger partial charge on any atom is 0.416 e. The summed E-state index contributed by atoms with van der Waals surface area (Å²) in [6, 6.07) is 10.1. The molecule has 1 atom stereocenters. The molecule has 2 amide bonds. The van der Waals surface area contributed by atoms with Crippen LogP contribution in [-0.4, -0.2) is 29.4 Å². The Morgan fingerprint density at radius 2 is 1.62 bits per heavy atom. The molecule has 0 aliphatic heterocycles. The van der Waals surface area contributed by atoms with Crippen molar-refractivity contribution in [3.8, 4) is 0 Å². The van der Waals surface area contributed by atoms with Crippen LogP contribution in [-0.2, 0) is 22.2 Å². The van der Waals surface area contributed by atoms with Crippen LogP contribution in [0.4, 0.5) is 18.9 Å². The van der Waals surface area contributed by atoms with E-state index in [1.54, 1.807) is 24.3 Å². The molecule has 10 heteroatoms. The molecule has 218 valence electrons. The van der Waals surface area contributed by atoms with E-state index in [4.69, 9.17) is 5.11 Å². The molecule has 2 aromatic carbocycles. The van der Waals surface area contributed by atoms with Crippen LogP contribution in [0.25, 0.3) is 0 Å². The minimum Gasteiger partial charge on any atom is -0.481 e.